The van der Waals surface area contributed by atoms with Crippen molar-refractivity contribution in [2.75, 3.05) is 58.9 Å². The van der Waals surface area contributed by atoms with Crippen molar-refractivity contribution >= 4 is 0 Å². The molecule has 0 aromatic rings. The Morgan fingerprint density at radius 3 is 2.14 bits per heavy atom. The lowest BCUT2D eigenvalue weighted by atomic mass is 10.2. The summed E-state index contributed by atoms with van der Waals surface area (Å²) >= 11 is 0. The van der Waals surface area contributed by atoms with Gasteiger partial charge in [-0.2, -0.15) is 0 Å². The summed E-state index contributed by atoms with van der Waals surface area (Å²) in [5.74, 6) is -2.56. The van der Waals surface area contributed by atoms with Gasteiger partial charge in [-0.1, -0.05) is 6.92 Å². The molecule has 6 heteroatoms. The predicted octanol–water partition coefficient (Wildman–Crippen LogP) is 1.11. The molecule has 0 spiro atoms. The third kappa shape index (κ3) is 5.77. The van der Waals surface area contributed by atoms with Crippen molar-refractivity contribution in [3.05, 3.63) is 0 Å². The number of hydrogen-bond acceptors (Lipinski definition) is 4. The van der Waals surface area contributed by atoms with Gasteiger partial charge in [0.2, 0.25) is 0 Å². The van der Waals surface area contributed by atoms with Gasteiger partial charge in [-0.3, -0.25) is 4.90 Å². The summed E-state index contributed by atoms with van der Waals surface area (Å²) in [6.07, 6.45) is 1.31. The zero-order chi connectivity index (χ0) is 15.3. The molecule has 4 nitrogen and oxygen atoms in total. The van der Waals surface area contributed by atoms with Crippen molar-refractivity contribution in [3.8, 4) is 0 Å². The molecule has 124 valence electrons. The van der Waals surface area contributed by atoms with E-state index in [4.69, 9.17) is 0 Å². The molecule has 0 aromatic heterocycles. The van der Waals surface area contributed by atoms with Crippen LogP contribution < -0.4 is 0 Å². The number of piperazine rings is 1. The quantitative estimate of drug-likeness (QED) is 0.763. The van der Waals surface area contributed by atoms with Crippen LogP contribution in [-0.2, 0) is 0 Å². The molecule has 2 heterocycles. The fraction of sp³-hybridized carbons (Fsp3) is 1.00. The van der Waals surface area contributed by atoms with Gasteiger partial charge in [-0.15, -0.1) is 0 Å². The Bertz CT molecular complexity index is 309. The fourth-order valence-electron chi connectivity index (χ4n) is 3.24. The molecule has 2 aliphatic rings. The van der Waals surface area contributed by atoms with Gasteiger partial charge in [0, 0.05) is 52.2 Å². The van der Waals surface area contributed by atoms with Crippen LogP contribution >= 0.6 is 0 Å². The largest absolute Gasteiger partial charge is 0.392 e. The van der Waals surface area contributed by atoms with Crippen molar-refractivity contribution in [1.29, 1.82) is 0 Å². The van der Waals surface area contributed by atoms with E-state index in [-0.39, 0.29) is 13.0 Å². The Hall–Kier alpha value is -0.300. The number of aliphatic hydroxyl groups is 1. The van der Waals surface area contributed by atoms with Gasteiger partial charge in [-0.05, 0) is 19.4 Å². The van der Waals surface area contributed by atoms with Crippen LogP contribution in [0, 0.1) is 0 Å². The number of halogens is 2. The van der Waals surface area contributed by atoms with E-state index in [1.54, 1.807) is 4.90 Å². The van der Waals surface area contributed by atoms with Crippen LogP contribution in [0.25, 0.3) is 0 Å². The van der Waals surface area contributed by atoms with E-state index in [9.17, 15) is 13.9 Å². The molecule has 0 amide bonds. The number of aliphatic hydroxyl groups excluding tert-OH is 1. The Morgan fingerprint density at radius 2 is 1.62 bits per heavy atom. The first-order valence-electron chi connectivity index (χ1n) is 8.21. The molecular weight excluding hydrogens is 276 g/mol. The molecular formula is C15H29F2N3O. The molecule has 1 atom stereocenters. The SMILES string of the molecule is CCCN1CCN(CCC(O)CN2CCC(F)(F)C2)CC1. The highest BCUT2D eigenvalue weighted by Crippen LogP contribution is 2.26. The zero-order valence-electron chi connectivity index (χ0n) is 13.1. The van der Waals surface area contributed by atoms with Crippen molar-refractivity contribution in [2.45, 2.75) is 38.2 Å². The van der Waals surface area contributed by atoms with Crippen molar-refractivity contribution in [1.82, 2.24) is 14.7 Å². The van der Waals surface area contributed by atoms with Gasteiger partial charge in [0.15, 0.2) is 0 Å². The monoisotopic (exact) mass is 305 g/mol. The Kier molecular flexibility index (Phi) is 6.34. The predicted molar refractivity (Wildman–Crippen MR) is 79.8 cm³/mol. The summed E-state index contributed by atoms with van der Waals surface area (Å²) in [6, 6.07) is 0. The first-order chi connectivity index (χ1) is 9.98. The number of likely N-dealkylation sites (tertiary alicyclic amines) is 1. The summed E-state index contributed by atoms with van der Waals surface area (Å²) in [4.78, 5) is 6.52. The average molecular weight is 305 g/mol. The van der Waals surface area contributed by atoms with E-state index >= 15 is 0 Å². The Balaban J connectivity index is 1.58. The van der Waals surface area contributed by atoms with Gasteiger partial charge in [0.05, 0.1) is 12.6 Å². The van der Waals surface area contributed by atoms with Crippen LogP contribution in [0.1, 0.15) is 26.2 Å². The molecule has 0 bridgehead atoms. The normalized spacial score (nSPS) is 26.3. The maximum absolute atomic E-state index is 13.1. The molecule has 0 saturated carbocycles. The highest BCUT2D eigenvalue weighted by Gasteiger charge is 2.38. The van der Waals surface area contributed by atoms with Crippen molar-refractivity contribution in [3.63, 3.8) is 0 Å². The van der Waals surface area contributed by atoms with Gasteiger partial charge in [0.25, 0.3) is 5.92 Å². The van der Waals surface area contributed by atoms with Gasteiger partial charge in [-0.25, -0.2) is 8.78 Å². The van der Waals surface area contributed by atoms with Gasteiger partial charge in [0.1, 0.15) is 0 Å². The molecule has 0 radical (unpaired) electrons. The first-order valence-corrected chi connectivity index (χ1v) is 8.21. The van der Waals surface area contributed by atoms with E-state index in [1.807, 2.05) is 0 Å². The van der Waals surface area contributed by atoms with Crippen molar-refractivity contribution in [2.24, 2.45) is 0 Å². The molecule has 2 aliphatic heterocycles. The fourth-order valence-corrected chi connectivity index (χ4v) is 3.24. The van der Waals surface area contributed by atoms with E-state index < -0.39 is 12.0 Å². The Labute approximate surface area is 126 Å². The summed E-state index contributed by atoms with van der Waals surface area (Å²) in [7, 11) is 0. The maximum Gasteiger partial charge on any atom is 0.261 e. The molecule has 0 aliphatic carbocycles. The third-order valence-corrected chi connectivity index (χ3v) is 4.50. The minimum absolute atomic E-state index is 0.0703. The summed E-state index contributed by atoms with van der Waals surface area (Å²) in [5, 5.41) is 10.0. The summed E-state index contributed by atoms with van der Waals surface area (Å²) in [5.41, 5.74) is 0. The minimum Gasteiger partial charge on any atom is -0.392 e. The molecule has 1 unspecified atom stereocenters. The highest BCUT2D eigenvalue weighted by atomic mass is 19.3. The topological polar surface area (TPSA) is 30.0 Å². The molecule has 2 saturated heterocycles. The van der Waals surface area contributed by atoms with Gasteiger partial charge < -0.3 is 14.9 Å². The van der Waals surface area contributed by atoms with Crippen LogP contribution in [0.3, 0.4) is 0 Å². The average Bonchev–Trinajstić information content (AvgIpc) is 2.77. The van der Waals surface area contributed by atoms with Gasteiger partial charge >= 0.3 is 0 Å². The number of nitrogens with zero attached hydrogens (tertiary/aromatic N) is 3. The molecule has 2 fully saturated rings. The van der Waals surface area contributed by atoms with Crippen LogP contribution in [0.2, 0.25) is 0 Å². The smallest absolute Gasteiger partial charge is 0.261 e. The molecule has 2 rings (SSSR count). The lowest BCUT2D eigenvalue weighted by Gasteiger charge is -2.35. The van der Waals surface area contributed by atoms with Crippen LogP contribution in [-0.4, -0.2) is 90.7 Å². The minimum atomic E-state index is -2.56. The van der Waals surface area contributed by atoms with Crippen molar-refractivity contribution < 1.29 is 13.9 Å². The second-order valence-corrected chi connectivity index (χ2v) is 6.47. The van der Waals surface area contributed by atoms with Crippen LogP contribution in [0.15, 0.2) is 0 Å². The van der Waals surface area contributed by atoms with E-state index in [0.29, 0.717) is 19.5 Å². The van der Waals surface area contributed by atoms with Crippen LogP contribution in [0.5, 0.6) is 0 Å². The number of rotatable bonds is 7. The lowest BCUT2D eigenvalue weighted by molar-refractivity contribution is 0.00636. The number of hydrogen-bond donors (Lipinski definition) is 1. The maximum atomic E-state index is 13.1. The second kappa shape index (κ2) is 7.81. The Morgan fingerprint density at radius 1 is 1.00 bits per heavy atom. The summed E-state index contributed by atoms with van der Waals surface area (Å²) < 4.78 is 26.2. The lowest BCUT2D eigenvalue weighted by Crippen LogP contribution is -2.47. The van der Waals surface area contributed by atoms with Crippen LogP contribution in [0.4, 0.5) is 8.78 Å². The van der Waals surface area contributed by atoms with E-state index in [0.717, 1.165) is 32.7 Å². The highest BCUT2D eigenvalue weighted by molar-refractivity contribution is 4.83. The standard InChI is InChI=1S/C15H29F2N3O/c1-2-5-18-8-10-19(11-9-18)6-3-14(21)12-20-7-4-15(16,17)13-20/h14,21H,2-13H2,1H3. The molecule has 0 aromatic carbocycles. The molecule has 21 heavy (non-hydrogen) atoms. The number of β-amino-alcohol motifs (C(OH)–C–C–N with tert-alkyl or cyclic N) is 1. The summed E-state index contributed by atoms with van der Waals surface area (Å²) in [6.45, 7) is 9.12. The van der Waals surface area contributed by atoms with E-state index in [2.05, 4.69) is 16.7 Å². The second-order valence-electron chi connectivity index (χ2n) is 6.47. The third-order valence-electron chi connectivity index (χ3n) is 4.50. The van der Waals surface area contributed by atoms with E-state index in [1.165, 1.54) is 13.0 Å². The number of alkyl halides is 2. The zero-order valence-corrected chi connectivity index (χ0v) is 13.1. The first kappa shape index (κ1) is 17.1. The molecule has 1 N–H and O–H groups in total.